The maximum absolute atomic E-state index is 11.7. The van der Waals surface area contributed by atoms with Crippen molar-refractivity contribution in [2.24, 2.45) is 5.92 Å². The molecule has 2 rings (SSSR count). The van der Waals surface area contributed by atoms with E-state index < -0.39 is 0 Å². The zero-order chi connectivity index (χ0) is 13.1. The highest BCUT2D eigenvalue weighted by Gasteiger charge is 2.29. The Bertz CT molecular complexity index is 444. The summed E-state index contributed by atoms with van der Waals surface area (Å²) >= 11 is 5.84. The van der Waals surface area contributed by atoms with Crippen molar-refractivity contribution < 1.29 is 14.6 Å². The quantitative estimate of drug-likeness (QED) is 0.901. The fourth-order valence-electron chi connectivity index (χ4n) is 1.89. The number of hydrogen-bond donors (Lipinski definition) is 1. The lowest BCUT2D eigenvalue weighted by Gasteiger charge is -2.38. The number of aliphatic hydroxyl groups is 1. The number of nitrogens with zero attached hydrogens (tertiary/aromatic N) is 1. The van der Waals surface area contributed by atoms with E-state index >= 15 is 0 Å². The van der Waals surface area contributed by atoms with Crippen molar-refractivity contribution in [2.45, 2.75) is 6.92 Å². The van der Waals surface area contributed by atoms with Gasteiger partial charge in [0.25, 0.3) is 5.91 Å². The van der Waals surface area contributed by atoms with E-state index in [0.717, 1.165) is 5.56 Å². The minimum Gasteiger partial charge on any atom is -0.483 e. The molecule has 1 fully saturated rings. The monoisotopic (exact) mass is 269 g/mol. The number of aryl methyl sites for hydroxylation is 1. The van der Waals surface area contributed by atoms with E-state index in [4.69, 9.17) is 21.4 Å². The average Bonchev–Trinajstić information content (AvgIpc) is 2.26. The Morgan fingerprint density at radius 1 is 1.56 bits per heavy atom. The van der Waals surface area contributed by atoms with Crippen molar-refractivity contribution in [2.75, 3.05) is 26.3 Å². The highest BCUT2D eigenvalue weighted by atomic mass is 35.5. The lowest BCUT2D eigenvalue weighted by atomic mass is 10.0. The maximum atomic E-state index is 11.7. The molecule has 5 heteroatoms. The van der Waals surface area contributed by atoms with Gasteiger partial charge in [0.15, 0.2) is 6.61 Å². The number of hydrogen-bond acceptors (Lipinski definition) is 3. The van der Waals surface area contributed by atoms with E-state index in [9.17, 15) is 4.79 Å². The largest absolute Gasteiger partial charge is 0.483 e. The molecule has 1 heterocycles. The van der Waals surface area contributed by atoms with Crippen LogP contribution < -0.4 is 4.74 Å². The topological polar surface area (TPSA) is 49.8 Å². The van der Waals surface area contributed by atoms with Gasteiger partial charge in [-0.2, -0.15) is 0 Å². The molecule has 1 amide bonds. The van der Waals surface area contributed by atoms with Crippen molar-refractivity contribution in [1.82, 2.24) is 4.90 Å². The Balaban J connectivity index is 1.83. The number of amides is 1. The van der Waals surface area contributed by atoms with Crippen LogP contribution in [0.2, 0.25) is 5.02 Å². The van der Waals surface area contributed by atoms with E-state index in [2.05, 4.69) is 0 Å². The summed E-state index contributed by atoms with van der Waals surface area (Å²) in [5.41, 5.74) is 0.909. The van der Waals surface area contributed by atoms with E-state index in [0.29, 0.717) is 23.9 Å². The van der Waals surface area contributed by atoms with Crippen molar-refractivity contribution in [3.05, 3.63) is 28.8 Å². The molecule has 0 spiro atoms. The maximum Gasteiger partial charge on any atom is 0.260 e. The third-order valence-corrected chi connectivity index (χ3v) is 3.29. The lowest BCUT2D eigenvalue weighted by molar-refractivity contribution is -0.140. The third-order valence-electron chi connectivity index (χ3n) is 3.06. The summed E-state index contributed by atoms with van der Waals surface area (Å²) in [7, 11) is 0. The number of ether oxygens (including phenoxy) is 1. The third kappa shape index (κ3) is 2.94. The minimum atomic E-state index is -0.0472. The molecule has 1 aliphatic heterocycles. The Labute approximate surface area is 111 Å². The van der Waals surface area contributed by atoms with E-state index in [1.54, 1.807) is 23.1 Å². The Kier molecular flexibility index (Phi) is 4.09. The van der Waals surface area contributed by atoms with Crippen LogP contribution in [0.15, 0.2) is 18.2 Å². The van der Waals surface area contributed by atoms with Crippen molar-refractivity contribution in [1.29, 1.82) is 0 Å². The van der Waals surface area contributed by atoms with Gasteiger partial charge in [0.1, 0.15) is 5.75 Å². The summed E-state index contributed by atoms with van der Waals surface area (Å²) < 4.78 is 5.47. The Morgan fingerprint density at radius 3 is 2.89 bits per heavy atom. The van der Waals surface area contributed by atoms with Gasteiger partial charge in [0, 0.05) is 30.6 Å². The second kappa shape index (κ2) is 5.59. The van der Waals surface area contributed by atoms with Gasteiger partial charge >= 0.3 is 0 Å². The van der Waals surface area contributed by atoms with Crippen LogP contribution in [0.1, 0.15) is 5.56 Å². The molecule has 0 bridgehead atoms. The van der Waals surface area contributed by atoms with Crippen molar-refractivity contribution in [3.63, 3.8) is 0 Å². The summed E-state index contributed by atoms with van der Waals surface area (Å²) in [5, 5.41) is 9.53. The van der Waals surface area contributed by atoms with E-state index in [1.165, 1.54) is 0 Å². The molecule has 0 radical (unpaired) electrons. The smallest absolute Gasteiger partial charge is 0.260 e. The molecule has 1 aromatic carbocycles. The SMILES string of the molecule is Cc1cc(Cl)ccc1OCC(=O)N1CC(CO)C1. The Hall–Kier alpha value is -1.26. The summed E-state index contributed by atoms with van der Waals surface area (Å²) in [6.07, 6.45) is 0. The van der Waals surface area contributed by atoms with Crippen LogP contribution in [0, 0.1) is 12.8 Å². The molecule has 1 N–H and O–H groups in total. The molecule has 0 aliphatic carbocycles. The molecule has 0 aromatic heterocycles. The minimum absolute atomic E-state index is 0.0284. The van der Waals surface area contributed by atoms with Crippen LogP contribution in [0.5, 0.6) is 5.75 Å². The number of aliphatic hydroxyl groups excluding tert-OH is 1. The standard InChI is InChI=1S/C13H16ClNO3/c1-9-4-11(14)2-3-12(9)18-8-13(17)15-5-10(6-15)7-16/h2-4,10,16H,5-8H2,1H3. The fourth-order valence-corrected chi connectivity index (χ4v) is 2.12. The van der Waals surface area contributed by atoms with Crippen LogP contribution in [0.25, 0.3) is 0 Å². The zero-order valence-electron chi connectivity index (χ0n) is 10.2. The van der Waals surface area contributed by atoms with E-state index in [1.807, 2.05) is 6.92 Å². The highest BCUT2D eigenvalue weighted by molar-refractivity contribution is 6.30. The number of likely N-dealkylation sites (tertiary alicyclic amines) is 1. The second-order valence-electron chi connectivity index (χ2n) is 4.55. The molecule has 18 heavy (non-hydrogen) atoms. The molecule has 1 aliphatic rings. The van der Waals surface area contributed by atoms with Crippen LogP contribution in [0.4, 0.5) is 0 Å². The first kappa shape index (κ1) is 13.2. The Morgan fingerprint density at radius 2 is 2.28 bits per heavy atom. The van der Waals surface area contributed by atoms with Gasteiger partial charge in [-0.3, -0.25) is 4.79 Å². The molecular formula is C13H16ClNO3. The molecule has 0 unspecified atom stereocenters. The van der Waals surface area contributed by atoms with Gasteiger partial charge in [-0.1, -0.05) is 11.6 Å². The molecular weight excluding hydrogens is 254 g/mol. The summed E-state index contributed by atoms with van der Waals surface area (Å²) in [5.74, 6) is 0.854. The van der Waals surface area contributed by atoms with Crippen LogP contribution in [-0.4, -0.2) is 42.2 Å². The van der Waals surface area contributed by atoms with Gasteiger partial charge in [-0.15, -0.1) is 0 Å². The lowest BCUT2D eigenvalue weighted by Crippen LogP contribution is -2.52. The molecule has 0 atom stereocenters. The van der Waals surface area contributed by atoms with Crippen LogP contribution in [-0.2, 0) is 4.79 Å². The van der Waals surface area contributed by atoms with Crippen LogP contribution in [0.3, 0.4) is 0 Å². The predicted molar refractivity (Wildman–Crippen MR) is 68.8 cm³/mol. The molecule has 4 nitrogen and oxygen atoms in total. The van der Waals surface area contributed by atoms with E-state index in [-0.39, 0.29) is 25.0 Å². The zero-order valence-corrected chi connectivity index (χ0v) is 11.0. The number of carbonyl (C=O) groups excluding carboxylic acids is 1. The number of carbonyl (C=O) groups is 1. The normalized spacial score (nSPS) is 15.4. The highest BCUT2D eigenvalue weighted by Crippen LogP contribution is 2.22. The van der Waals surface area contributed by atoms with Gasteiger partial charge < -0.3 is 14.7 Å². The number of halogens is 1. The molecule has 1 saturated heterocycles. The fraction of sp³-hybridized carbons (Fsp3) is 0.462. The molecule has 0 saturated carbocycles. The number of benzene rings is 1. The summed E-state index contributed by atoms with van der Waals surface area (Å²) in [4.78, 5) is 13.4. The van der Waals surface area contributed by atoms with Crippen LogP contribution >= 0.6 is 11.6 Å². The average molecular weight is 270 g/mol. The summed E-state index contributed by atoms with van der Waals surface area (Å²) in [6.45, 7) is 3.30. The molecule has 1 aromatic rings. The second-order valence-corrected chi connectivity index (χ2v) is 4.98. The first-order valence-electron chi connectivity index (χ1n) is 5.87. The first-order valence-corrected chi connectivity index (χ1v) is 6.25. The van der Waals surface area contributed by atoms with Crippen molar-refractivity contribution in [3.8, 4) is 5.75 Å². The van der Waals surface area contributed by atoms with Crippen molar-refractivity contribution >= 4 is 17.5 Å². The molecule has 98 valence electrons. The van der Waals surface area contributed by atoms with Gasteiger partial charge in [-0.25, -0.2) is 0 Å². The summed E-state index contributed by atoms with van der Waals surface area (Å²) in [6, 6.07) is 5.30. The van der Waals surface area contributed by atoms with Gasteiger partial charge in [-0.05, 0) is 30.7 Å². The van der Waals surface area contributed by atoms with Gasteiger partial charge in [0.2, 0.25) is 0 Å². The predicted octanol–water partition coefficient (Wildman–Crippen LogP) is 1.48. The number of rotatable bonds is 4. The van der Waals surface area contributed by atoms with Gasteiger partial charge in [0.05, 0.1) is 0 Å². The first-order chi connectivity index (χ1) is 8.60.